The second kappa shape index (κ2) is 6.70. The van der Waals surface area contributed by atoms with E-state index in [4.69, 9.17) is 4.74 Å². The molecule has 0 aromatic heterocycles. The lowest BCUT2D eigenvalue weighted by atomic mass is 10.2. The molecular formula is C17H13F2NO2. The standard InChI is InChI=1S/C17H13F2NO2/c1-3-6-16(21)20-17-13(19)9-12(18)10-15(17)22-14-8-5-4-7-11(14)2/h4-10H,1H2,2H3,(H,20,21). The maximum atomic E-state index is 13.9. The van der Waals surface area contributed by atoms with E-state index in [1.165, 1.54) is 0 Å². The molecule has 0 bridgehead atoms. The molecular weight excluding hydrogens is 288 g/mol. The number of anilines is 1. The van der Waals surface area contributed by atoms with Gasteiger partial charge < -0.3 is 10.1 Å². The van der Waals surface area contributed by atoms with Crippen LogP contribution >= 0.6 is 0 Å². The number of aryl methyl sites for hydroxylation is 1. The monoisotopic (exact) mass is 301 g/mol. The van der Waals surface area contributed by atoms with Gasteiger partial charge >= 0.3 is 0 Å². The molecule has 0 saturated carbocycles. The fourth-order valence-electron chi connectivity index (χ4n) is 1.79. The molecule has 112 valence electrons. The Labute approximate surface area is 126 Å². The topological polar surface area (TPSA) is 38.3 Å². The molecule has 0 unspecified atom stereocenters. The first-order chi connectivity index (χ1) is 10.5. The smallest absolute Gasteiger partial charge is 0.256 e. The SMILES string of the molecule is C=C=CC(=O)Nc1c(F)cc(F)cc1Oc1ccccc1C. The summed E-state index contributed by atoms with van der Waals surface area (Å²) in [5.41, 5.74) is 2.81. The number of hydrogen-bond donors (Lipinski definition) is 1. The Balaban J connectivity index is 2.43. The van der Waals surface area contributed by atoms with E-state index in [9.17, 15) is 13.6 Å². The van der Waals surface area contributed by atoms with Crippen molar-refractivity contribution < 1.29 is 18.3 Å². The number of ether oxygens (including phenoxy) is 1. The molecule has 3 nitrogen and oxygen atoms in total. The fourth-order valence-corrected chi connectivity index (χ4v) is 1.79. The molecule has 0 aliphatic carbocycles. The molecule has 0 atom stereocenters. The molecule has 0 aliphatic heterocycles. The number of benzene rings is 2. The van der Waals surface area contributed by atoms with Crippen LogP contribution in [0.25, 0.3) is 0 Å². The Morgan fingerprint density at radius 2 is 2.00 bits per heavy atom. The Bertz CT molecular complexity index is 765. The summed E-state index contributed by atoms with van der Waals surface area (Å²) in [5, 5.41) is 2.28. The van der Waals surface area contributed by atoms with E-state index < -0.39 is 17.5 Å². The van der Waals surface area contributed by atoms with E-state index in [1.54, 1.807) is 25.1 Å². The maximum Gasteiger partial charge on any atom is 0.256 e. The van der Waals surface area contributed by atoms with Crippen LogP contribution in [-0.2, 0) is 4.79 Å². The van der Waals surface area contributed by atoms with Crippen molar-refractivity contribution in [3.63, 3.8) is 0 Å². The van der Waals surface area contributed by atoms with Gasteiger partial charge in [-0.05, 0) is 18.6 Å². The largest absolute Gasteiger partial charge is 0.455 e. The highest BCUT2D eigenvalue weighted by Crippen LogP contribution is 2.34. The Kier molecular flexibility index (Phi) is 4.71. The zero-order chi connectivity index (χ0) is 16.1. The molecule has 1 N–H and O–H groups in total. The predicted octanol–water partition coefficient (Wildman–Crippen LogP) is 4.35. The average molecular weight is 301 g/mol. The van der Waals surface area contributed by atoms with Crippen LogP contribution in [0.5, 0.6) is 11.5 Å². The van der Waals surface area contributed by atoms with Crippen LogP contribution in [0, 0.1) is 18.6 Å². The quantitative estimate of drug-likeness (QED) is 0.673. The molecule has 0 aliphatic rings. The van der Waals surface area contributed by atoms with Gasteiger partial charge in [-0.1, -0.05) is 24.8 Å². The third kappa shape index (κ3) is 3.59. The molecule has 2 aromatic carbocycles. The first kappa shape index (κ1) is 15.5. The summed E-state index contributed by atoms with van der Waals surface area (Å²) in [6.45, 7) is 5.05. The van der Waals surface area contributed by atoms with Gasteiger partial charge in [0.1, 0.15) is 17.3 Å². The van der Waals surface area contributed by atoms with E-state index in [2.05, 4.69) is 17.6 Å². The minimum absolute atomic E-state index is 0.127. The van der Waals surface area contributed by atoms with E-state index >= 15 is 0 Å². The van der Waals surface area contributed by atoms with Crippen molar-refractivity contribution in [1.82, 2.24) is 0 Å². The Hall–Kier alpha value is -2.91. The lowest BCUT2D eigenvalue weighted by Gasteiger charge is -2.14. The fraction of sp³-hybridized carbons (Fsp3) is 0.0588. The van der Waals surface area contributed by atoms with Gasteiger partial charge in [0.2, 0.25) is 0 Å². The normalized spacial score (nSPS) is 9.77. The van der Waals surface area contributed by atoms with Crippen molar-refractivity contribution >= 4 is 11.6 Å². The summed E-state index contributed by atoms with van der Waals surface area (Å²) in [6, 6.07) is 8.67. The van der Waals surface area contributed by atoms with Crippen molar-refractivity contribution in [2.45, 2.75) is 6.92 Å². The molecule has 5 heteroatoms. The van der Waals surface area contributed by atoms with Gasteiger partial charge in [-0.25, -0.2) is 8.78 Å². The Morgan fingerprint density at radius 1 is 1.27 bits per heavy atom. The summed E-state index contributed by atoms with van der Waals surface area (Å²) >= 11 is 0. The molecule has 1 amide bonds. The first-order valence-corrected chi connectivity index (χ1v) is 6.40. The van der Waals surface area contributed by atoms with Crippen LogP contribution < -0.4 is 10.1 Å². The average Bonchev–Trinajstić information content (AvgIpc) is 2.45. The van der Waals surface area contributed by atoms with Gasteiger partial charge in [0, 0.05) is 18.2 Å². The van der Waals surface area contributed by atoms with Crippen molar-refractivity contribution in [3.8, 4) is 11.5 Å². The molecule has 22 heavy (non-hydrogen) atoms. The molecule has 2 rings (SSSR count). The molecule has 0 spiro atoms. The molecule has 0 heterocycles. The van der Waals surface area contributed by atoms with Gasteiger partial charge in [-0.3, -0.25) is 4.79 Å². The molecule has 0 fully saturated rings. The highest BCUT2D eigenvalue weighted by molar-refractivity contribution is 6.00. The lowest BCUT2D eigenvalue weighted by molar-refractivity contribution is -0.111. The number of amides is 1. The highest BCUT2D eigenvalue weighted by Gasteiger charge is 2.16. The van der Waals surface area contributed by atoms with E-state index in [-0.39, 0.29) is 11.4 Å². The third-order valence-corrected chi connectivity index (χ3v) is 2.81. The maximum absolute atomic E-state index is 13.9. The van der Waals surface area contributed by atoms with Crippen LogP contribution in [0.1, 0.15) is 5.56 Å². The number of para-hydroxylation sites is 1. The zero-order valence-electron chi connectivity index (χ0n) is 11.8. The number of nitrogens with one attached hydrogen (secondary N) is 1. The van der Waals surface area contributed by atoms with Crippen molar-refractivity contribution in [3.05, 3.63) is 72.0 Å². The zero-order valence-corrected chi connectivity index (χ0v) is 11.8. The molecule has 2 aromatic rings. The summed E-state index contributed by atoms with van der Waals surface area (Å²) < 4.78 is 32.9. The second-order valence-corrected chi connectivity index (χ2v) is 4.47. The van der Waals surface area contributed by atoms with Crippen LogP contribution in [0.3, 0.4) is 0 Å². The van der Waals surface area contributed by atoms with Crippen LogP contribution in [0.4, 0.5) is 14.5 Å². The minimum Gasteiger partial charge on any atom is -0.455 e. The summed E-state index contributed by atoms with van der Waals surface area (Å²) in [7, 11) is 0. The van der Waals surface area contributed by atoms with Crippen LogP contribution in [0.15, 0.2) is 54.8 Å². The van der Waals surface area contributed by atoms with E-state index in [0.29, 0.717) is 11.8 Å². The number of rotatable bonds is 4. The first-order valence-electron chi connectivity index (χ1n) is 6.40. The van der Waals surface area contributed by atoms with Crippen LogP contribution in [0.2, 0.25) is 0 Å². The van der Waals surface area contributed by atoms with Crippen molar-refractivity contribution in [2.75, 3.05) is 5.32 Å². The van der Waals surface area contributed by atoms with Crippen LogP contribution in [-0.4, -0.2) is 5.91 Å². The number of carbonyl (C=O) groups excluding carboxylic acids is 1. The summed E-state index contributed by atoms with van der Waals surface area (Å²) in [6.07, 6.45) is 1.00. The summed E-state index contributed by atoms with van der Waals surface area (Å²) in [4.78, 5) is 11.5. The van der Waals surface area contributed by atoms with Gasteiger partial charge in [-0.15, -0.1) is 5.73 Å². The van der Waals surface area contributed by atoms with Crippen molar-refractivity contribution in [2.24, 2.45) is 0 Å². The number of carbonyl (C=O) groups is 1. The van der Waals surface area contributed by atoms with Gasteiger partial charge in [0.25, 0.3) is 5.91 Å². The van der Waals surface area contributed by atoms with Gasteiger partial charge in [0.15, 0.2) is 11.6 Å². The Morgan fingerprint density at radius 3 is 2.68 bits per heavy atom. The van der Waals surface area contributed by atoms with Gasteiger partial charge in [0.05, 0.1) is 0 Å². The minimum atomic E-state index is -0.936. The lowest BCUT2D eigenvalue weighted by Crippen LogP contribution is -2.10. The van der Waals surface area contributed by atoms with E-state index in [1.807, 2.05) is 6.07 Å². The molecule has 0 radical (unpaired) electrons. The van der Waals surface area contributed by atoms with Gasteiger partial charge in [-0.2, -0.15) is 0 Å². The second-order valence-electron chi connectivity index (χ2n) is 4.47. The van der Waals surface area contributed by atoms with E-state index in [0.717, 1.165) is 17.7 Å². The molecule has 0 saturated heterocycles. The number of hydrogen-bond acceptors (Lipinski definition) is 2. The summed E-state index contributed by atoms with van der Waals surface area (Å²) in [5.74, 6) is -2.08. The predicted molar refractivity (Wildman–Crippen MR) is 80.0 cm³/mol. The van der Waals surface area contributed by atoms with Crippen molar-refractivity contribution in [1.29, 1.82) is 0 Å². The highest BCUT2D eigenvalue weighted by atomic mass is 19.1. The number of halogens is 2. The third-order valence-electron chi connectivity index (χ3n) is 2.81.